The molecule has 0 aliphatic carbocycles. The zero-order valence-electron chi connectivity index (χ0n) is 18.6. The van der Waals surface area contributed by atoms with Crippen LogP contribution in [-0.4, -0.2) is 44.7 Å². The maximum absolute atomic E-state index is 13.1. The van der Waals surface area contributed by atoms with E-state index in [1.165, 1.54) is 31.4 Å². The van der Waals surface area contributed by atoms with Crippen LogP contribution in [0.5, 0.6) is 11.5 Å². The van der Waals surface area contributed by atoms with Crippen molar-refractivity contribution in [1.82, 2.24) is 9.97 Å². The van der Waals surface area contributed by atoms with Gasteiger partial charge in [0.1, 0.15) is 17.3 Å². The Kier molecular flexibility index (Phi) is 6.69. The Hall–Kier alpha value is -4.05. The van der Waals surface area contributed by atoms with E-state index < -0.39 is 16.0 Å². The van der Waals surface area contributed by atoms with Crippen molar-refractivity contribution in [3.05, 3.63) is 66.7 Å². The number of aromatic amines is 1. The summed E-state index contributed by atoms with van der Waals surface area (Å²) in [4.78, 5) is 19.3. The molecule has 3 aromatic carbocycles. The quantitative estimate of drug-likeness (QED) is 0.347. The average molecular weight is 482 g/mol. The average Bonchev–Trinajstić information content (AvgIpc) is 3.27. The summed E-state index contributed by atoms with van der Waals surface area (Å²) in [6, 6.07) is 18.3. The number of methoxy groups -OCH3 is 1. The van der Waals surface area contributed by atoms with E-state index in [1.54, 1.807) is 25.1 Å². The number of carbonyl (C=O) groups is 1. The van der Waals surface area contributed by atoms with Crippen LogP contribution in [0, 0.1) is 0 Å². The standard InChI is InChI=1S/C24H23N3O6S/c1-3-32-23(28)15-33-16-8-11-18(12-9-16)34(29,30)27-20-13-10-17(31-2)14-19(20)24-25-21-6-4-5-7-22(21)26-24/h4-14,27H,3,15H2,1-2H3,(H,25,26). The van der Waals surface area contributed by atoms with Gasteiger partial charge < -0.3 is 19.2 Å². The summed E-state index contributed by atoms with van der Waals surface area (Å²) >= 11 is 0. The van der Waals surface area contributed by atoms with E-state index in [0.717, 1.165) is 11.0 Å². The van der Waals surface area contributed by atoms with Crippen molar-refractivity contribution in [2.75, 3.05) is 25.0 Å². The molecule has 0 fully saturated rings. The van der Waals surface area contributed by atoms with Crippen LogP contribution < -0.4 is 14.2 Å². The summed E-state index contributed by atoms with van der Waals surface area (Å²) in [6.07, 6.45) is 0. The number of carbonyl (C=O) groups excluding carboxylic acids is 1. The minimum atomic E-state index is -3.93. The van der Waals surface area contributed by atoms with E-state index in [-0.39, 0.29) is 18.1 Å². The highest BCUT2D eigenvalue weighted by Gasteiger charge is 2.19. The zero-order chi connectivity index (χ0) is 24.1. The predicted octanol–water partition coefficient (Wildman–Crippen LogP) is 3.98. The number of H-pyrrole nitrogens is 1. The summed E-state index contributed by atoms with van der Waals surface area (Å²) in [5.41, 5.74) is 2.45. The minimum absolute atomic E-state index is 0.0300. The molecule has 9 nitrogen and oxygen atoms in total. The lowest BCUT2D eigenvalue weighted by atomic mass is 10.1. The highest BCUT2D eigenvalue weighted by molar-refractivity contribution is 7.92. The highest BCUT2D eigenvalue weighted by Crippen LogP contribution is 2.33. The maximum Gasteiger partial charge on any atom is 0.344 e. The predicted molar refractivity (Wildman–Crippen MR) is 127 cm³/mol. The van der Waals surface area contributed by atoms with Gasteiger partial charge in [0.25, 0.3) is 10.0 Å². The van der Waals surface area contributed by atoms with Gasteiger partial charge in [0.15, 0.2) is 6.61 Å². The third-order valence-electron chi connectivity index (χ3n) is 4.91. The molecule has 1 heterocycles. The van der Waals surface area contributed by atoms with Gasteiger partial charge >= 0.3 is 5.97 Å². The number of benzene rings is 3. The second-order valence-corrected chi connectivity index (χ2v) is 8.87. The van der Waals surface area contributed by atoms with Gasteiger partial charge in [-0.05, 0) is 61.5 Å². The van der Waals surface area contributed by atoms with Crippen molar-refractivity contribution in [3.63, 3.8) is 0 Å². The first-order chi connectivity index (χ1) is 16.4. The van der Waals surface area contributed by atoms with Gasteiger partial charge in [-0.1, -0.05) is 12.1 Å². The van der Waals surface area contributed by atoms with Gasteiger partial charge in [0.05, 0.1) is 35.3 Å². The van der Waals surface area contributed by atoms with Crippen molar-refractivity contribution in [2.24, 2.45) is 0 Å². The molecule has 4 aromatic rings. The molecule has 1 aromatic heterocycles. The molecule has 2 N–H and O–H groups in total. The number of anilines is 1. The number of imidazole rings is 1. The van der Waals surface area contributed by atoms with Crippen LogP contribution in [-0.2, 0) is 19.6 Å². The molecule has 0 saturated carbocycles. The van der Waals surface area contributed by atoms with Crippen LogP contribution in [0.2, 0.25) is 0 Å². The van der Waals surface area contributed by atoms with E-state index in [2.05, 4.69) is 14.7 Å². The fourth-order valence-electron chi connectivity index (χ4n) is 3.28. The fraction of sp³-hybridized carbons (Fsp3) is 0.167. The molecule has 10 heteroatoms. The number of esters is 1. The number of sulfonamides is 1. The summed E-state index contributed by atoms with van der Waals surface area (Å²) in [5, 5.41) is 0. The van der Waals surface area contributed by atoms with Gasteiger partial charge in [-0.25, -0.2) is 18.2 Å². The molecule has 176 valence electrons. The summed E-state index contributed by atoms with van der Waals surface area (Å²) in [6.45, 7) is 1.70. The summed E-state index contributed by atoms with van der Waals surface area (Å²) < 4.78 is 44.2. The lowest BCUT2D eigenvalue weighted by Gasteiger charge is -2.13. The normalized spacial score (nSPS) is 11.2. The Morgan fingerprint density at radius 2 is 1.76 bits per heavy atom. The molecule has 0 bridgehead atoms. The van der Waals surface area contributed by atoms with Crippen molar-refractivity contribution < 1.29 is 27.4 Å². The maximum atomic E-state index is 13.1. The van der Waals surface area contributed by atoms with E-state index in [9.17, 15) is 13.2 Å². The third-order valence-corrected chi connectivity index (χ3v) is 6.29. The molecule has 0 aliphatic rings. The smallest absolute Gasteiger partial charge is 0.344 e. The molecule has 34 heavy (non-hydrogen) atoms. The summed E-state index contributed by atoms with van der Waals surface area (Å²) in [7, 11) is -2.39. The Labute approximate surface area is 196 Å². The number of fused-ring (bicyclic) bond motifs is 1. The number of hydrogen-bond donors (Lipinski definition) is 2. The van der Waals surface area contributed by atoms with Gasteiger partial charge in [-0.2, -0.15) is 0 Å². The fourth-order valence-corrected chi connectivity index (χ4v) is 4.36. The molecule has 0 amide bonds. The lowest BCUT2D eigenvalue weighted by Crippen LogP contribution is -2.15. The largest absolute Gasteiger partial charge is 0.497 e. The van der Waals surface area contributed by atoms with E-state index in [0.29, 0.717) is 28.6 Å². The van der Waals surface area contributed by atoms with Crippen LogP contribution in [0.15, 0.2) is 71.6 Å². The van der Waals surface area contributed by atoms with E-state index >= 15 is 0 Å². The van der Waals surface area contributed by atoms with Gasteiger partial charge in [-0.3, -0.25) is 4.72 Å². The lowest BCUT2D eigenvalue weighted by molar-refractivity contribution is -0.145. The van der Waals surface area contributed by atoms with Crippen LogP contribution in [0.1, 0.15) is 6.92 Å². The molecule has 0 aliphatic heterocycles. The van der Waals surface area contributed by atoms with Crippen molar-refractivity contribution in [3.8, 4) is 22.9 Å². The van der Waals surface area contributed by atoms with Crippen LogP contribution in [0.4, 0.5) is 5.69 Å². The van der Waals surface area contributed by atoms with Crippen molar-refractivity contribution in [1.29, 1.82) is 0 Å². The second-order valence-electron chi connectivity index (χ2n) is 7.18. The Bertz CT molecular complexity index is 1380. The molecule has 0 unspecified atom stereocenters. The number of nitrogens with zero attached hydrogens (tertiary/aromatic N) is 1. The highest BCUT2D eigenvalue weighted by atomic mass is 32.2. The number of para-hydroxylation sites is 2. The SMILES string of the molecule is CCOC(=O)COc1ccc(S(=O)(=O)Nc2ccc(OC)cc2-c2nc3ccccc3[nH]2)cc1. The van der Waals surface area contributed by atoms with Gasteiger partial charge in [0.2, 0.25) is 0 Å². The first-order valence-electron chi connectivity index (χ1n) is 10.4. The molecule has 0 atom stereocenters. The second kappa shape index (κ2) is 9.84. The van der Waals surface area contributed by atoms with Crippen LogP contribution in [0.3, 0.4) is 0 Å². The van der Waals surface area contributed by atoms with E-state index in [4.69, 9.17) is 14.2 Å². The molecule has 0 spiro atoms. The van der Waals surface area contributed by atoms with Crippen LogP contribution in [0.25, 0.3) is 22.4 Å². The first-order valence-corrected chi connectivity index (χ1v) is 11.9. The van der Waals surface area contributed by atoms with Crippen molar-refractivity contribution in [2.45, 2.75) is 11.8 Å². The van der Waals surface area contributed by atoms with Gasteiger partial charge in [0, 0.05) is 5.56 Å². The van der Waals surface area contributed by atoms with Crippen molar-refractivity contribution >= 4 is 32.7 Å². The Morgan fingerprint density at radius 1 is 1.03 bits per heavy atom. The van der Waals surface area contributed by atoms with Gasteiger partial charge in [-0.15, -0.1) is 0 Å². The number of nitrogens with one attached hydrogen (secondary N) is 2. The van der Waals surface area contributed by atoms with E-state index in [1.807, 2.05) is 24.3 Å². The molecule has 0 saturated heterocycles. The topological polar surface area (TPSA) is 120 Å². The van der Waals surface area contributed by atoms with Crippen LogP contribution >= 0.6 is 0 Å². The summed E-state index contributed by atoms with van der Waals surface area (Å²) in [5.74, 6) is 0.903. The Morgan fingerprint density at radius 3 is 2.47 bits per heavy atom. The number of ether oxygens (including phenoxy) is 3. The molecular weight excluding hydrogens is 458 g/mol. The molecule has 0 radical (unpaired) electrons. The molecular formula is C24H23N3O6S. The zero-order valence-corrected chi connectivity index (χ0v) is 19.4. The molecule has 4 rings (SSSR count). The Balaban J connectivity index is 1.59. The number of hydrogen-bond acceptors (Lipinski definition) is 7. The third kappa shape index (κ3) is 5.12. The number of aromatic nitrogens is 2. The monoisotopic (exact) mass is 481 g/mol. The number of rotatable bonds is 9. The first kappa shape index (κ1) is 23.1. The minimum Gasteiger partial charge on any atom is -0.497 e.